The van der Waals surface area contributed by atoms with E-state index >= 15 is 0 Å². The summed E-state index contributed by atoms with van der Waals surface area (Å²) in [4.78, 5) is 18.8. The number of hydrogen-bond acceptors (Lipinski definition) is 4. The molecule has 1 aromatic rings. The average Bonchev–Trinajstić information content (AvgIpc) is 2.97. The largest absolute Gasteiger partial charge is 0.384 e. The highest BCUT2D eigenvalue weighted by atomic mass is 32.2. The number of amides is 1. The van der Waals surface area contributed by atoms with E-state index in [-0.39, 0.29) is 5.91 Å². The maximum Gasteiger partial charge on any atom is 0.257 e. The quantitative estimate of drug-likeness (QED) is 0.907. The Morgan fingerprint density at radius 2 is 2.40 bits per heavy atom. The van der Waals surface area contributed by atoms with Crippen LogP contribution in [0.1, 0.15) is 35.8 Å². The van der Waals surface area contributed by atoms with Gasteiger partial charge in [0.2, 0.25) is 0 Å². The van der Waals surface area contributed by atoms with Gasteiger partial charge in [-0.3, -0.25) is 9.78 Å². The summed E-state index contributed by atoms with van der Waals surface area (Å²) in [6.45, 7) is 4.93. The van der Waals surface area contributed by atoms with E-state index in [2.05, 4.69) is 17.2 Å². The van der Waals surface area contributed by atoms with Gasteiger partial charge in [-0.05, 0) is 31.6 Å². The lowest BCUT2D eigenvalue weighted by molar-refractivity contribution is 0.0748. The van der Waals surface area contributed by atoms with E-state index in [0.717, 1.165) is 42.3 Å². The zero-order chi connectivity index (χ0) is 14.5. The minimum atomic E-state index is 0.0728. The first kappa shape index (κ1) is 15.2. The first-order valence-corrected chi connectivity index (χ1v) is 8.34. The van der Waals surface area contributed by atoms with Crippen molar-refractivity contribution in [3.05, 3.63) is 23.5 Å². The van der Waals surface area contributed by atoms with Gasteiger partial charge in [-0.15, -0.1) is 0 Å². The Morgan fingerprint density at radius 1 is 1.60 bits per heavy atom. The summed E-state index contributed by atoms with van der Waals surface area (Å²) in [5, 5.41) is 3.34. The van der Waals surface area contributed by atoms with Crippen molar-refractivity contribution < 1.29 is 4.79 Å². The predicted octanol–water partition coefficient (Wildman–Crippen LogP) is 2.79. The van der Waals surface area contributed by atoms with Crippen molar-refractivity contribution in [2.45, 2.75) is 32.7 Å². The number of aryl methyl sites for hydroxylation is 1. The normalized spacial score (nSPS) is 18.1. The molecule has 1 amide bonds. The lowest BCUT2D eigenvalue weighted by Crippen LogP contribution is -2.37. The predicted molar refractivity (Wildman–Crippen MR) is 85.6 cm³/mol. The van der Waals surface area contributed by atoms with Crippen molar-refractivity contribution in [3.63, 3.8) is 0 Å². The van der Waals surface area contributed by atoms with Gasteiger partial charge >= 0.3 is 0 Å². The topological polar surface area (TPSA) is 45.2 Å². The summed E-state index contributed by atoms with van der Waals surface area (Å²) in [5.41, 5.74) is 2.52. The van der Waals surface area contributed by atoms with Gasteiger partial charge in [-0.1, -0.05) is 6.92 Å². The Balaban J connectivity index is 2.19. The summed E-state index contributed by atoms with van der Waals surface area (Å²) >= 11 is 1.92. The molecule has 0 aliphatic carbocycles. The number of hydrogen-bond donors (Lipinski definition) is 1. The van der Waals surface area contributed by atoms with Crippen LogP contribution in [-0.2, 0) is 0 Å². The second kappa shape index (κ2) is 6.97. The number of carbonyl (C=O) groups excluding carboxylic acids is 1. The number of anilines is 1. The lowest BCUT2D eigenvalue weighted by Gasteiger charge is -2.25. The van der Waals surface area contributed by atoms with Crippen LogP contribution in [0.5, 0.6) is 0 Å². The Labute approximate surface area is 125 Å². The first-order valence-electron chi connectivity index (χ1n) is 7.19. The molecule has 0 aromatic carbocycles. The summed E-state index contributed by atoms with van der Waals surface area (Å²) in [6.07, 6.45) is 3.82. The van der Waals surface area contributed by atoms with Gasteiger partial charge in [0, 0.05) is 37.3 Å². The molecule has 110 valence electrons. The molecule has 1 aliphatic rings. The zero-order valence-electron chi connectivity index (χ0n) is 12.5. The monoisotopic (exact) mass is 293 g/mol. The molecule has 1 unspecified atom stereocenters. The minimum absolute atomic E-state index is 0.0728. The van der Waals surface area contributed by atoms with Crippen molar-refractivity contribution in [1.82, 2.24) is 9.88 Å². The second-order valence-electron chi connectivity index (χ2n) is 5.23. The van der Waals surface area contributed by atoms with Crippen molar-refractivity contribution in [2.75, 3.05) is 30.4 Å². The number of carbonyl (C=O) groups is 1. The fraction of sp³-hybridized carbons (Fsp3) is 0.600. The van der Waals surface area contributed by atoms with Gasteiger partial charge < -0.3 is 10.2 Å². The van der Waals surface area contributed by atoms with Crippen LogP contribution in [0, 0.1) is 6.92 Å². The van der Waals surface area contributed by atoms with E-state index in [1.54, 1.807) is 6.20 Å². The summed E-state index contributed by atoms with van der Waals surface area (Å²) in [5.74, 6) is 2.26. The Hall–Kier alpha value is -1.23. The molecule has 2 heterocycles. The van der Waals surface area contributed by atoms with Gasteiger partial charge in [0.1, 0.15) is 0 Å². The third-order valence-corrected chi connectivity index (χ3v) is 4.76. The Bertz CT molecular complexity index is 472. The van der Waals surface area contributed by atoms with Crippen molar-refractivity contribution in [1.29, 1.82) is 0 Å². The number of pyridine rings is 1. The SMILES string of the molecule is CCCNc1cc(C)ncc1C(=O)N(C)C1CCSC1. The van der Waals surface area contributed by atoms with Gasteiger partial charge in [-0.25, -0.2) is 0 Å². The number of thioether (sulfide) groups is 1. The molecule has 4 nitrogen and oxygen atoms in total. The first-order chi connectivity index (χ1) is 9.63. The van der Waals surface area contributed by atoms with Crippen LogP contribution in [-0.4, -0.2) is 46.9 Å². The standard InChI is InChI=1S/C15H23N3OS/c1-4-6-16-14-8-11(2)17-9-13(14)15(19)18(3)12-5-7-20-10-12/h8-9,12H,4-7,10H2,1-3H3,(H,16,17). The van der Waals surface area contributed by atoms with Gasteiger partial charge in [-0.2, -0.15) is 11.8 Å². The highest BCUT2D eigenvalue weighted by Crippen LogP contribution is 2.24. The zero-order valence-corrected chi connectivity index (χ0v) is 13.3. The molecule has 1 fully saturated rings. The van der Waals surface area contributed by atoms with Crippen LogP contribution in [0.2, 0.25) is 0 Å². The summed E-state index contributed by atoms with van der Waals surface area (Å²) < 4.78 is 0. The van der Waals surface area contributed by atoms with Crippen molar-refractivity contribution >= 4 is 23.4 Å². The third-order valence-electron chi connectivity index (χ3n) is 3.61. The maximum atomic E-state index is 12.7. The lowest BCUT2D eigenvalue weighted by atomic mass is 10.1. The van der Waals surface area contributed by atoms with E-state index in [4.69, 9.17) is 0 Å². The molecule has 5 heteroatoms. The number of rotatable bonds is 5. The fourth-order valence-corrected chi connectivity index (χ4v) is 3.59. The molecule has 0 saturated carbocycles. The Morgan fingerprint density at radius 3 is 3.05 bits per heavy atom. The highest BCUT2D eigenvalue weighted by molar-refractivity contribution is 7.99. The Kier molecular flexibility index (Phi) is 5.29. The molecule has 20 heavy (non-hydrogen) atoms. The van der Waals surface area contributed by atoms with Crippen LogP contribution >= 0.6 is 11.8 Å². The van der Waals surface area contributed by atoms with E-state index < -0.39 is 0 Å². The molecular formula is C15H23N3OS. The van der Waals surface area contributed by atoms with Crippen LogP contribution in [0.25, 0.3) is 0 Å². The van der Waals surface area contributed by atoms with Crippen LogP contribution in [0.3, 0.4) is 0 Å². The number of nitrogens with one attached hydrogen (secondary N) is 1. The van der Waals surface area contributed by atoms with Crippen LogP contribution in [0.15, 0.2) is 12.3 Å². The molecule has 1 atom stereocenters. The fourth-order valence-electron chi connectivity index (χ4n) is 2.32. The smallest absolute Gasteiger partial charge is 0.257 e. The molecule has 1 aromatic heterocycles. The third kappa shape index (κ3) is 3.45. The molecule has 0 bridgehead atoms. The van der Waals surface area contributed by atoms with Crippen LogP contribution in [0.4, 0.5) is 5.69 Å². The van der Waals surface area contributed by atoms with Crippen molar-refractivity contribution in [2.24, 2.45) is 0 Å². The molecule has 0 radical (unpaired) electrons. The maximum absolute atomic E-state index is 12.7. The van der Waals surface area contributed by atoms with E-state index in [0.29, 0.717) is 11.6 Å². The van der Waals surface area contributed by atoms with Crippen LogP contribution < -0.4 is 5.32 Å². The van der Waals surface area contributed by atoms with Gasteiger partial charge in [0.15, 0.2) is 0 Å². The van der Waals surface area contributed by atoms with E-state index in [1.165, 1.54) is 0 Å². The second-order valence-corrected chi connectivity index (χ2v) is 6.38. The molecule has 1 N–H and O–H groups in total. The highest BCUT2D eigenvalue weighted by Gasteiger charge is 2.26. The minimum Gasteiger partial charge on any atom is -0.384 e. The van der Waals surface area contributed by atoms with Gasteiger partial charge in [0.25, 0.3) is 5.91 Å². The summed E-state index contributed by atoms with van der Waals surface area (Å²) in [6, 6.07) is 2.31. The number of nitrogens with zero attached hydrogens (tertiary/aromatic N) is 2. The van der Waals surface area contributed by atoms with E-state index in [1.807, 2.05) is 36.7 Å². The molecular weight excluding hydrogens is 270 g/mol. The molecule has 0 spiro atoms. The molecule has 1 saturated heterocycles. The van der Waals surface area contributed by atoms with Crippen molar-refractivity contribution in [3.8, 4) is 0 Å². The molecule has 1 aliphatic heterocycles. The van der Waals surface area contributed by atoms with Gasteiger partial charge in [0.05, 0.1) is 11.3 Å². The summed E-state index contributed by atoms with van der Waals surface area (Å²) in [7, 11) is 1.91. The molecule has 2 rings (SSSR count). The van der Waals surface area contributed by atoms with E-state index in [9.17, 15) is 4.79 Å². The average molecular weight is 293 g/mol. The number of aromatic nitrogens is 1.